The Balaban J connectivity index is 1.95. The number of halogens is 1. The lowest BCUT2D eigenvalue weighted by molar-refractivity contribution is 0.957. The predicted molar refractivity (Wildman–Crippen MR) is 72.4 cm³/mol. The van der Waals surface area contributed by atoms with Gasteiger partial charge in [-0.1, -0.05) is 60.1 Å². The first-order valence-electron chi connectivity index (χ1n) is 5.79. The molecule has 17 heavy (non-hydrogen) atoms. The van der Waals surface area contributed by atoms with E-state index in [2.05, 4.69) is 48.2 Å². The van der Waals surface area contributed by atoms with Crippen molar-refractivity contribution in [3.05, 3.63) is 66.2 Å². The zero-order valence-corrected chi connectivity index (χ0v) is 10.4. The molecule has 1 heterocycles. The van der Waals surface area contributed by atoms with Crippen molar-refractivity contribution >= 4 is 17.3 Å². The Bertz CT molecular complexity index is 459. The smallest absolute Gasteiger partial charge is 0.137 e. The van der Waals surface area contributed by atoms with E-state index in [1.807, 2.05) is 24.3 Å². The van der Waals surface area contributed by atoms with Gasteiger partial charge in [-0.15, -0.1) is 0 Å². The highest BCUT2D eigenvalue weighted by Gasteiger charge is 2.58. The van der Waals surface area contributed by atoms with Gasteiger partial charge in [-0.2, -0.15) is 0 Å². The van der Waals surface area contributed by atoms with Crippen molar-refractivity contribution in [2.45, 2.75) is 18.0 Å². The maximum absolute atomic E-state index is 6.57. The lowest BCUT2D eigenvalue weighted by Crippen LogP contribution is -2.03. The van der Waals surface area contributed by atoms with E-state index in [1.165, 1.54) is 11.3 Å². The highest BCUT2D eigenvalue weighted by atomic mass is 35.5. The molecule has 2 atom stereocenters. The number of alkyl halides is 1. The van der Waals surface area contributed by atoms with Crippen molar-refractivity contribution < 1.29 is 0 Å². The fourth-order valence-electron chi connectivity index (χ4n) is 2.44. The third-order valence-electron chi connectivity index (χ3n) is 3.31. The van der Waals surface area contributed by atoms with Gasteiger partial charge in [0.15, 0.2) is 0 Å². The van der Waals surface area contributed by atoms with Crippen LogP contribution in [0.5, 0.6) is 0 Å². The van der Waals surface area contributed by atoms with E-state index in [4.69, 9.17) is 11.6 Å². The van der Waals surface area contributed by atoms with Gasteiger partial charge in [-0.05, 0) is 24.6 Å². The van der Waals surface area contributed by atoms with Crippen molar-refractivity contribution in [1.29, 1.82) is 0 Å². The molecule has 0 radical (unpaired) electrons. The van der Waals surface area contributed by atoms with Crippen molar-refractivity contribution in [1.82, 2.24) is 0 Å². The molecular weight excluding hydrogens is 230 g/mol. The molecule has 1 fully saturated rings. The summed E-state index contributed by atoms with van der Waals surface area (Å²) in [7, 11) is 0. The molecule has 0 saturated carbocycles. The van der Waals surface area contributed by atoms with Gasteiger partial charge >= 0.3 is 0 Å². The predicted octanol–water partition coefficient (Wildman–Crippen LogP) is 4.20. The van der Waals surface area contributed by atoms with Gasteiger partial charge in [0.05, 0.1) is 6.04 Å². The van der Waals surface area contributed by atoms with Gasteiger partial charge in [0.1, 0.15) is 5.00 Å². The standard InChI is InChI=1S/C15H14ClN/c1-15(16)14(12-8-4-2-5-9-12)17(15)13-10-6-3-7-11-13/h2-11,14H,1H3. The monoisotopic (exact) mass is 243 g/mol. The normalized spacial score (nSPS) is 26.9. The first-order chi connectivity index (χ1) is 8.21. The molecular formula is C15H14ClN. The van der Waals surface area contributed by atoms with Crippen molar-refractivity contribution in [2.24, 2.45) is 0 Å². The summed E-state index contributed by atoms with van der Waals surface area (Å²) < 4.78 is 0. The van der Waals surface area contributed by atoms with Crippen LogP contribution in [0.1, 0.15) is 18.5 Å². The molecule has 3 rings (SSSR count). The van der Waals surface area contributed by atoms with Crippen LogP contribution in [0, 0.1) is 0 Å². The van der Waals surface area contributed by atoms with Crippen LogP contribution in [0.3, 0.4) is 0 Å². The van der Waals surface area contributed by atoms with Gasteiger partial charge < -0.3 is 4.90 Å². The average molecular weight is 244 g/mol. The summed E-state index contributed by atoms with van der Waals surface area (Å²) >= 11 is 6.57. The molecule has 86 valence electrons. The highest BCUT2D eigenvalue weighted by molar-refractivity contribution is 6.29. The van der Waals surface area contributed by atoms with Crippen LogP contribution in [0.2, 0.25) is 0 Å². The number of hydrogen-bond acceptors (Lipinski definition) is 1. The summed E-state index contributed by atoms with van der Waals surface area (Å²) in [6, 6.07) is 21.0. The Hall–Kier alpha value is -1.47. The van der Waals surface area contributed by atoms with Gasteiger partial charge in [-0.25, -0.2) is 0 Å². The Morgan fingerprint density at radius 1 is 0.941 bits per heavy atom. The SMILES string of the molecule is CC1(Cl)C(c2ccccc2)N1c1ccccc1. The van der Waals surface area contributed by atoms with Crippen LogP contribution in [0.15, 0.2) is 60.7 Å². The molecule has 2 unspecified atom stereocenters. The molecule has 0 amide bonds. The number of para-hydroxylation sites is 1. The second-order valence-electron chi connectivity index (χ2n) is 4.54. The first kappa shape index (κ1) is 10.7. The van der Waals surface area contributed by atoms with Crippen LogP contribution in [0.4, 0.5) is 5.69 Å². The summed E-state index contributed by atoms with van der Waals surface area (Å²) in [5.41, 5.74) is 2.45. The van der Waals surface area contributed by atoms with E-state index in [0.717, 1.165) is 0 Å². The minimum absolute atomic E-state index is 0.271. The maximum Gasteiger partial charge on any atom is 0.137 e. The Morgan fingerprint density at radius 3 is 2.06 bits per heavy atom. The van der Waals surface area contributed by atoms with Crippen LogP contribution < -0.4 is 4.90 Å². The molecule has 1 aliphatic heterocycles. The number of nitrogens with zero attached hydrogens (tertiary/aromatic N) is 1. The lowest BCUT2D eigenvalue weighted by Gasteiger charge is -2.06. The van der Waals surface area contributed by atoms with E-state index in [9.17, 15) is 0 Å². The van der Waals surface area contributed by atoms with Crippen LogP contribution >= 0.6 is 11.6 Å². The summed E-state index contributed by atoms with van der Waals surface area (Å²) in [4.78, 5) is 1.94. The minimum atomic E-state index is -0.303. The summed E-state index contributed by atoms with van der Waals surface area (Å²) in [5, 5.41) is 0. The van der Waals surface area contributed by atoms with E-state index in [0.29, 0.717) is 0 Å². The van der Waals surface area contributed by atoms with E-state index in [-0.39, 0.29) is 11.0 Å². The molecule has 1 nitrogen and oxygen atoms in total. The lowest BCUT2D eigenvalue weighted by atomic mass is 10.1. The van der Waals surface area contributed by atoms with Crippen LogP contribution in [0.25, 0.3) is 0 Å². The zero-order valence-electron chi connectivity index (χ0n) is 9.68. The summed E-state index contributed by atoms with van der Waals surface area (Å²) in [6.45, 7) is 2.07. The largest absolute Gasteiger partial charge is 0.340 e. The average Bonchev–Trinajstić information content (AvgIpc) is 2.94. The Kier molecular flexibility index (Phi) is 2.37. The Labute approximate surface area is 107 Å². The van der Waals surface area contributed by atoms with E-state index >= 15 is 0 Å². The molecule has 2 aromatic carbocycles. The highest BCUT2D eigenvalue weighted by Crippen LogP contribution is 2.58. The molecule has 0 aliphatic carbocycles. The summed E-state index contributed by atoms with van der Waals surface area (Å²) in [5.74, 6) is 0. The third kappa shape index (κ3) is 1.71. The number of benzene rings is 2. The van der Waals surface area contributed by atoms with Crippen molar-refractivity contribution in [3.8, 4) is 0 Å². The van der Waals surface area contributed by atoms with Crippen molar-refractivity contribution in [3.63, 3.8) is 0 Å². The third-order valence-corrected chi connectivity index (χ3v) is 3.70. The molecule has 2 aromatic rings. The van der Waals surface area contributed by atoms with Crippen molar-refractivity contribution in [2.75, 3.05) is 4.90 Å². The van der Waals surface area contributed by atoms with E-state index in [1.54, 1.807) is 0 Å². The van der Waals surface area contributed by atoms with Crippen LogP contribution in [-0.2, 0) is 0 Å². The molecule has 0 spiro atoms. The van der Waals surface area contributed by atoms with E-state index < -0.39 is 0 Å². The minimum Gasteiger partial charge on any atom is -0.340 e. The molecule has 1 aliphatic rings. The first-order valence-corrected chi connectivity index (χ1v) is 6.17. The van der Waals surface area contributed by atoms with Gasteiger partial charge in [-0.3, -0.25) is 0 Å². The van der Waals surface area contributed by atoms with Crippen LogP contribution in [-0.4, -0.2) is 5.00 Å². The number of hydrogen-bond donors (Lipinski definition) is 0. The zero-order chi connectivity index (χ0) is 11.9. The second kappa shape index (κ2) is 3.78. The molecule has 2 heteroatoms. The molecule has 1 saturated heterocycles. The topological polar surface area (TPSA) is 3.01 Å². The van der Waals surface area contributed by atoms with Gasteiger partial charge in [0.25, 0.3) is 0 Å². The summed E-state index contributed by atoms with van der Waals surface area (Å²) in [6.07, 6.45) is 0. The number of rotatable bonds is 2. The fourth-order valence-corrected chi connectivity index (χ4v) is 2.81. The van der Waals surface area contributed by atoms with Gasteiger partial charge in [0, 0.05) is 5.69 Å². The second-order valence-corrected chi connectivity index (χ2v) is 5.31. The molecule has 0 bridgehead atoms. The quantitative estimate of drug-likeness (QED) is 0.434. The molecule has 0 N–H and O–H groups in total. The fraction of sp³-hybridized carbons (Fsp3) is 0.200. The Morgan fingerprint density at radius 2 is 1.47 bits per heavy atom. The van der Waals surface area contributed by atoms with Gasteiger partial charge in [0.2, 0.25) is 0 Å². The maximum atomic E-state index is 6.57. The molecule has 0 aromatic heterocycles. The number of anilines is 1.